The summed E-state index contributed by atoms with van der Waals surface area (Å²) < 4.78 is 9.72. The molecule has 6 heteroatoms. The second kappa shape index (κ2) is 7.33. The fraction of sp³-hybridized carbons (Fsp3) is 0.462. The van der Waals surface area contributed by atoms with Gasteiger partial charge in [-0.1, -0.05) is 6.07 Å². The van der Waals surface area contributed by atoms with Crippen LogP contribution in [0.5, 0.6) is 5.75 Å². The molecule has 0 saturated carbocycles. The van der Waals surface area contributed by atoms with E-state index < -0.39 is 18.2 Å². The number of aliphatic hydroxyl groups excluding tert-OH is 2. The molecule has 2 atom stereocenters. The molecular formula is C13H17ClO5. The van der Waals surface area contributed by atoms with Crippen molar-refractivity contribution >= 4 is 17.6 Å². The van der Waals surface area contributed by atoms with E-state index in [1.807, 2.05) is 0 Å². The molecule has 0 fully saturated rings. The van der Waals surface area contributed by atoms with Crippen molar-refractivity contribution in [3.05, 3.63) is 29.3 Å². The molecule has 5 nitrogen and oxygen atoms in total. The Kier molecular flexibility index (Phi) is 6.08. The zero-order valence-electron chi connectivity index (χ0n) is 10.8. The van der Waals surface area contributed by atoms with E-state index >= 15 is 0 Å². The lowest BCUT2D eigenvalue weighted by atomic mass is 10.00. The van der Waals surface area contributed by atoms with Crippen LogP contribution in [0.1, 0.15) is 28.4 Å². The fourth-order valence-electron chi connectivity index (χ4n) is 1.68. The Balaban J connectivity index is 3.05. The van der Waals surface area contributed by atoms with Gasteiger partial charge in [0.2, 0.25) is 0 Å². The Morgan fingerprint density at radius 2 is 2.05 bits per heavy atom. The second-order valence-electron chi connectivity index (χ2n) is 3.94. The van der Waals surface area contributed by atoms with Crippen LogP contribution in [-0.4, -0.2) is 42.4 Å². The molecule has 0 aliphatic rings. The number of methoxy groups -OCH3 is 2. The topological polar surface area (TPSA) is 76.0 Å². The van der Waals surface area contributed by atoms with Gasteiger partial charge in [-0.05, 0) is 18.6 Å². The number of alkyl halides is 1. The van der Waals surface area contributed by atoms with Crippen LogP contribution >= 0.6 is 11.6 Å². The highest BCUT2D eigenvalue weighted by Crippen LogP contribution is 2.29. The normalized spacial score (nSPS) is 13.7. The minimum Gasteiger partial charge on any atom is -0.496 e. The molecule has 0 amide bonds. The van der Waals surface area contributed by atoms with Crippen molar-refractivity contribution < 1.29 is 24.5 Å². The van der Waals surface area contributed by atoms with Crippen molar-refractivity contribution in [3.63, 3.8) is 0 Å². The first kappa shape index (κ1) is 15.8. The van der Waals surface area contributed by atoms with Gasteiger partial charge >= 0.3 is 5.97 Å². The Labute approximate surface area is 116 Å². The van der Waals surface area contributed by atoms with E-state index in [4.69, 9.17) is 16.3 Å². The number of hydrogen-bond acceptors (Lipinski definition) is 5. The SMILES string of the molecule is COC(=O)c1ccc(C(O)C(O)CCCl)c(OC)c1. The van der Waals surface area contributed by atoms with Crippen LogP contribution in [0, 0.1) is 0 Å². The largest absolute Gasteiger partial charge is 0.496 e. The molecule has 0 spiro atoms. The van der Waals surface area contributed by atoms with Crippen molar-refractivity contribution in [2.24, 2.45) is 0 Å². The predicted octanol–water partition coefficient (Wildman–Crippen LogP) is 1.50. The molecule has 1 aromatic rings. The first-order valence-corrected chi connectivity index (χ1v) is 6.27. The molecule has 1 aromatic carbocycles. The highest BCUT2D eigenvalue weighted by molar-refractivity contribution is 6.17. The number of ether oxygens (including phenoxy) is 2. The number of benzene rings is 1. The van der Waals surface area contributed by atoms with E-state index in [1.165, 1.54) is 32.4 Å². The van der Waals surface area contributed by atoms with Crippen LogP contribution in [-0.2, 0) is 4.74 Å². The molecule has 0 aliphatic heterocycles. The molecule has 0 saturated heterocycles. The van der Waals surface area contributed by atoms with Gasteiger partial charge in [-0.25, -0.2) is 4.79 Å². The summed E-state index contributed by atoms with van der Waals surface area (Å²) in [5.74, 6) is 0.0468. The quantitative estimate of drug-likeness (QED) is 0.613. The third kappa shape index (κ3) is 3.83. The maximum Gasteiger partial charge on any atom is 0.337 e. The van der Waals surface area contributed by atoms with E-state index in [1.54, 1.807) is 0 Å². The number of esters is 1. The van der Waals surface area contributed by atoms with Gasteiger partial charge in [0.05, 0.1) is 25.9 Å². The van der Waals surface area contributed by atoms with Crippen LogP contribution in [0.25, 0.3) is 0 Å². The minimum atomic E-state index is -1.12. The molecule has 0 aromatic heterocycles. The molecule has 19 heavy (non-hydrogen) atoms. The van der Waals surface area contributed by atoms with Crippen molar-refractivity contribution in [2.45, 2.75) is 18.6 Å². The van der Waals surface area contributed by atoms with Gasteiger partial charge in [-0.15, -0.1) is 11.6 Å². The molecule has 0 bridgehead atoms. The van der Waals surface area contributed by atoms with Crippen molar-refractivity contribution in [1.82, 2.24) is 0 Å². The lowest BCUT2D eigenvalue weighted by Crippen LogP contribution is -2.19. The molecule has 2 unspecified atom stereocenters. The van der Waals surface area contributed by atoms with Gasteiger partial charge in [0.25, 0.3) is 0 Å². The maximum atomic E-state index is 11.4. The first-order chi connectivity index (χ1) is 9.04. The van der Waals surface area contributed by atoms with Crippen molar-refractivity contribution in [1.29, 1.82) is 0 Å². The number of aliphatic hydroxyl groups is 2. The Hall–Kier alpha value is -1.30. The Bertz CT molecular complexity index is 435. The number of hydrogen-bond donors (Lipinski definition) is 2. The highest BCUT2D eigenvalue weighted by atomic mass is 35.5. The smallest absolute Gasteiger partial charge is 0.337 e. The molecular weight excluding hydrogens is 272 g/mol. The van der Waals surface area contributed by atoms with E-state index in [-0.39, 0.29) is 12.3 Å². The fourth-order valence-corrected chi connectivity index (χ4v) is 1.90. The zero-order valence-corrected chi connectivity index (χ0v) is 11.6. The van der Waals surface area contributed by atoms with Gasteiger partial charge in [0.1, 0.15) is 11.9 Å². The van der Waals surface area contributed by atoms with E-state index in [0.717, 1.165) is 0 Å². The van der Waals surface area contributed by atoms with Crippen LogP contribution < -0.4 is 4.74 Å². The van der Waals surface area contributed by atoms with Crippen molar-refractivity contribution in [3.8, 4) is 5.75 Å². The predicted molar refractivity (Wildman–Crippen MR) is 70.6 cm³/mol. The Morgan fingerprint density at radius 1 is 1.37 bits per heavy atom. The number of rotatable bonds is 6. The lowest BCUT2D eigenvalue weighted by Gasteiger charge is -2.20. The van der Waals surface area contributed by atoms with Gasteiger partial charge in [-0.2, -0.15) is 0 Å². The molecule has 0 heterocycles. The molecule has 1 rings (SSSR count). The van der Waals surface area contributed by atoms with E-state index in [9.17, 15) is 15.0 Å². The zero-order chi connectivity index (χ0) is 14.4. The summed E-state index contributed by atoms with van der Waals surface area (Å²) in [5, 5.41) is 19.7. The summed E-state index contributed by atoms with van der Waals surface area (Å²) in [6, 6.07) is 4.48. The summed E-state index contributed by atoms with van der Waals surface area (Å²) >= 11 is 5.52. The lowest BCUT2D eigenvalue weighted by molar-refractivity contribution is 0.0156. The summed E-state index contributed by atoms with van der Waals surface area (Å²) in [4.78, 5) is 11.4. The van der Waals surface area contributed by atoms with Gasteiger partial charge in [0.15, 0.2) is 0 Å². The summed E-state index contributed by atoms with van der Waals surface area (Å²) in [5.41, 5.74) is 0.704. The standard InChI is InChI=1S/C13H17ClO5/c1-18-11-7-8(13(17)19-2)3-4-9(11)12(16)10(15)5-6-14/h3-4,7,10,12,15-16H,5-6H2,1-2H3. The number of carbonyl (C=O) groups is 1. The average molecular weight is 289 g/mol. The van der Waals surface area contributed by atoms with E-state index in [2.05, 4.69) is 4.74 Å². The second-order valence-corrected chi connectivity index (χ2v) is 4.32. The van der Waals surface area contributed by atoms with Crippen LogP contribution in [0.4, 0.5) is 0 Å². The minimum absolute atomic E-state index is 0.237. The summed E-state index contributed by atoms with van der Waals surface area (Å²) in [6.07, 6.45) is -1.86. The van der Waals surface area contributed by atoms with Crippen LogP contribution in [0.3, 0.4) is 0 Å². The molecule has 0 radical (unpaired) electrons. The van der Waals surface area contributed by atoms with Gasteiger partial charge < -0.3 is 19.7 Å². The van der Waals surface area contributed by atoms with Crippen LogP contribution in [0.2, 0.25) is 0 Å². The highest BCUT2D eigenvalue weighted by Gasteiger charge is 2.22. The summed E-state index contributed by atoms with van der Waals surface area (Å²) in [7, 11) is 2.70. The van der Waals surface area contributed by atoms with Gasteiger partial charge in [-0.3, -0.25) is 0 Å². The number of halogens is 1. The van der Waals surface area contributed by atoms with Gasteiger partial charge in [0, 0.05) is 11.4 Å². The first-order valence-electron chi connectivity index (χ1n) is 5.73. The maximum absolute atomic E-state index is 11.4. The molecule has 0 aliphatic carbocycles. The monoisotopic (exact) mass is 288 g/mol. The Morgan fingerprint density at radius 3 is 2.58 bits per heavy atom. The van der Waals surface area contributed by atoms with Crippen LogP contribution in [0.15, 0.2) is 18.2 Å². The van der Waals surface area contributed by atoms with Crippen molar-refractivity contribution in [2.75, 3.05) is 20.1 Å². The molecule has 106 valence electrons. The third-order valence-corrected chi connectivity index (χ3v) is 2.96. The third-order valence-electron chi connectivity index (χ3n) is 2.74. The average Bonchev–Trinajstić information content (AvgIpc) is 2.45. The van der Waals surface area contributed by atoms with E-state index in [0.29, 0.717) is 16.9 Å². The summed E-state index contributed by atoms with van der Waals surface area (Å²) in [6.45, 7) is 0. The number of carbonyl (C=O) groups excluding carboxylic acids is 1. The molecule has 2 N–H and O–H groups in total.